The van der Waals surface area contributed by atoms with Crippen molar-refractivity contribution < 1.29 is 9.90 Å². The molecular weight excluding hydrogens is 256 g/mol. The summed E-state index contributed by atoms with van der Waals surface area (Å²) in [5.41, 5.74) is 3.52. The van der Waals surface area contributed by atoms with E-state index in [4.69, 9.17) is 5.11 Å². The maximum Gasteiger partial charge on any atom is 0.335 e. The summed E-state index contributed by atoms with van der Waals surface area (Å²) in [5, 5.41) is 13.4. The third kappa shape index (κ3) is 1.95. The number of carboxylic acid groups (broad SMARTS) is 1. The van der Waals surface area contributed by atoms with Crippen molar-refractivity contribution in [1.82, 2.24) is 19.7 Å². The smallest absolute Gasteiger partial charge is 0.335 e. The molecule has 2 aromatic heterocycles. The van der Waals surface area contributed by atoms with Gasteiger partial charge in [0, 0.05) is 6.54 Å². The van der Waals surface area contributed by atoms with Crippen molar-refractivity contribution in [3.05, 3.63) is 35.5 Å². The number of benzene rings is 1. The average molecular weight is 270 g/mol. The average Bonchev–Trinajstić information content (AvgIpc) is 3.00. The number of nitrogens with zero attached hydrogens (tertiary/aromatic N) is 3. The van der Waals surface area contributed by atoms with Crippen molar-refractivity contribution in [2.24, 2.45) is 0 Å². The molecule has 3 rings (SSSR count). The molecule has 0 atom stereocenters. The van der Waals surface area contributed by atoms with Crippen LogP contribution in [0.2, 0.25) is 0 Å². The van der Waals surface area contributed by atoms with Gasteiger partial charge in [-0.15, -0.1) is 0 Å². The molecule has 102 valence electrons. The lowest BCUT2D eigenvalue weighted by Gasteiger charge is -1.99. The molecule has 2 heterocycles. The molecule has 0 aliphatic heterocycles. The Hall–Kier alpha value is -2.63. The van der Waals surface area contributed by atoms with Crippen LogP contribution in [0.5, 0.6) is 0 Å². The summed E-state index contributed by atoms with van der Waals surface area (Å²) in [6, 6.07) is 6.81. The quantitative estimate of drug-likeness (QED) is 0.765. The number of aromatic carboxylic acids is 1. The molecule has 3 aromatic rings. The highest BCUT2D eigenvalue weighted by atomic mass is 16.4. The van der Waals surface area contributed by atoms with Crippen LogP contribution in [-0.4, -0.2) is 30.8 Å². The number of imidazole rings is 1. The highest BCUT2D eigenvalue weighted by Gasteiger charge is 2.12. The Morgan fingerprint density at radius 1 is 1.40 bits per heavy atom. The fourth-order valence-electron chi connectivity index (χ4n) is 2.24. The predicted molar refractivity (Wildman–Crippen MR) is 74.7 cm³/mol. The van der Waals surface area contributed by atoms with Gasteiger partial charge in [0.25, 0.3) is 0 Å². The largest absolute Gasteiger partial charge is 0.478 e. The zero-order valence-corrected chi connectivity index (χ0v) is 11.2. The Morgan fingerprint density at radius 3 is 2.90 bits per heavy atom. The third-order valence-electron chi connectivity index (χ3n) is 3.17. The van der Waals surface area contributed by atoms with Crippen LogP contribution in [0.4, 0.5) is 0 Å². The standard InChI is InChI=1S/C14H14N4O2/c1-3-18-12(6-8(2)17-18)13-15-10-5-4-9(14(19)20)7-11(10)16-13/h4-7H,3H2,1-2H3,(H,15,16)(H,19,20). The number of aromatic amines is 1. The summed E-state index contributed by atoms with van der Waals surface area (Å²) in [6.45, 7) is 4.70. The van der Waals surface area contributed by atoms with Crippen LogP contribution >= 0.6 is 0 Å². The lowest BCUT2D eigenvalue weighted by atomic mass is 10.2. The lowest BCUT2D eigenvalue weighted by molar-refractivity contribution is 0.0697. The molecule has 6 nitrogen and oxygen atoms in total. The highest BCUT2D eigenvalue weighted by molar-refractivity contribution is 5.92. The second kappa shape index (κ2) is 4.48. The molecule has 0 amide bonds. The zero-order valence-electron chi connectivity index (χ0n) is 11.2. The monoisotopic (exact) mass is 270 g/mol. The Balaban J connectivity index is 2.15. The summed E-state index contributed by atoms with van der Waals surface area (Å²) >= 11 is 0. The van der Waals surface area contributed by atoms with Gasteiger partial charge in [-0.05, 0) is 38.1 Å². The van der Waals surface area contributed by atoms with E-state index < -0.39 is 5.97 Å². The van der Waals surface area contributed by atoms with Crippen molar-refractivity contribution in [2.45, 2.75) is 20.4 Å². The molecule has 0 fully saturated rings. The summed E-state index contributed by atoms with van der Waals surface area (Å²) in [6.07, 6.45) is 0. The van der Waals surface area contributed by atoms with Gasteiger partial charge in [0.1, 0.15) is 5.69 Å². The third-order valence-corrected chi connectivity index (χ3v) is 3.17. The molecule has 20 heavy (non-hydrogen) atoms. The van der Waals surface area contributed by atoms with Gasteiger partial charge in [-0.3, -0.25) is 4.68 Å². The minimum Gasteiger partial charge on any atom is -0.478 e. The van der Waals surface area contributed by atoms with E-state index in [1.165, 1.54) is 0 Å². The van der Waals surface area contributed by atoms with E-state index in [9.17, 15) is 4.79 Å². The summed E-state index contributed by atoms with van der Waals surface area (Å²) < 4.78 is 1.87. The minimum absolute atomic E-state index is 0.243. The topological polar surface area (TPSA) is 83.8 Å². The van der Waals surface area contributed by atoms with Gasteiger partial charge in [0.2, 0.25) is 0 Å². The van der Waals surface area contributed by atoms with Crippen LogP contribution in [0.3, 0.4) is 0 Å². The second-order valence-corrected chi connectivity index (χ2v) is 4.61. The van der Waals surface area contributed by atoms with Gasteiger partial charge >= 0.3 is 5.97 Å². The number of hydrogen-bond donors (Lipinski definition) is 2. The van der Waals surface area contributed by atoms with Gasteiger partial charge in [0.15, 0.2) is 5.82 Å². The molecule has 0 saturated heterocycles. The first kappa shape index (κ1) is 12.4. The van der Waals surface area contributed by atoms with Gasteiger partial charge in [0.05, 0.1) is 22.3 Å². The molecule has 6 heteroatoms. The number of carbonyl (C=O) groups is 1. The number of H-pyrrole nitrogens is 1. The fraction of sp³-hybridized carbons (Fsp3) is 0.214. The SMILES string of the molecule is CCn1nc(C)cc1-c1nc2ccc(C(=O)O)cc2[nH]1. The van der Waals surface area contributed by atoms with E-state index >= 15 is 0 Å². The number of nitrogens with one attached hydrogen (secondary N) is 1. The first-order valence-electron chi connectivity index (χ1n) is 6.36. The van der Waals surface area contributed by atoms with Gasteiger partial charge in [-0.25, -0.2) is 9.78 Å². The van der Waals surface area contributed by atoms with Crippen LogP contribution in [0.25, 0.3) is 22.6 Å². The molecule has 0 unspecified atom stereocenters. The van der Waals surface area contributed by atoms with Crippen molar-refractivity contribution in [3.8, 4) is 11.5 Å². The van der Waals surface area contributed by atoms with E-state index in [1.54, 1.807) is 18.2 Å². The summed E-state index contributed by atoms with van der Waals surface area (Å²) in [7, 11) is 0. The molecular formula is C14H14N4O2. The molecule has 0 saturated carbocycles. The number of rotatable bonds is 3. The molecule has 0 radical (unpaired) electrons. The second-order valence-electron chi connectivity index (χ2n) is 4.61. The normalized spacial score (nSPS) is 11.1. The fourth-order valence-corrected chi connectivity index (χ4v) is 2.24. The van der Waals surface area contributed by atoms with Crippen LogP contribution in [-0.2, 0) is 6.54 Å². The van der Waals surface area contributed by atoms with E-state index in [1.807, 2.05) is 24.6 Å². The molecule has 2 N–H and O–H groups in total. The van der Waals surface area contributed by atoms with E-state index in [2.05, 4.69) is 15.1 Å². The van der Waals surface area contributed by atoms with Crippen molar-refractivity contribution >= 4 is 17.0 Å². The maximum atomic E-state index is 11.0. The molecule has 0 bridgehead atoms. The number of aryl methyl sites for hydroxylation is 2. The van der Waals surface area contributed by atoms with Crippen LogP contribution in [0.15, 0.2) is 24.3 Å². The number of fused-ring (bicyclic) bond motifs is 1. The Labute approximate surface area is 115 Å². The van der Waals surface area contributed by atoms with Crippen molar-refractivity contribution in [1.29, 1.82) is 0 Å². The molecule has 0 spiro atoms. The lowest BCUT2D eigenvalue weighted by Crippen LogP contribution is -1.99. The number of carboxylic acids is 1. The molecule has 0 aliphatic rings. The number of hydrogen-bond acceptors (Lipinski definition) is 3. The van der Waals surface area contributed by atoms with Crippen LogP contribution in [0.1, 0.15) is 23.0 Å². The van der Waals surface area contributed by atoms with E-state index in [-0.39, 0.29) is 5.56 Å². The zero-order chi connectivity index (χ0) is 14.3. The Kier molecular flexibility index (Phi) is 2.78. The van der Waals surface area contributed by atoms with E-state index in [0.29, 0.717) is 11.3 Å². The Morgan fingerprint density at radius 2 is 2.20 bits per heavy atom. The summed E-state index contributed by atoms with van der Waals surface area (Å²) in [4.78, 5) is 18.6. The Bertz CT molecular complexity index is 801. The maximum absolute atomic E-state index is 11.0. The van der Waals surface area contributed by atoms with Crippen LogP contribution in [0, 0.1) is 6.92 Å². The first-order valence-corrected chi connectivity index (χ1v) is 6.36. The van der Waals surface area contributed by atoms with Gasteiger partial charge in [-0.2, -0.15) is 5.10 Å². The molecule has 1 aromatic carbocycles. The minimum atomic E-state index is -0.947. The first-order chi connectivity index (χ1) is 9.58. The predicted octanol–water partition coefficient (Wildman–Crippen LogP) is 2.45. The van der Waals surface area contributed by atoms with Gasteiger partial charge < -0.3 is 10.1 Å². The molecule has 0 aliphatic carbocycles. The van der Waals surface area contributed by atoms with Crippen LogP contribution < -0.4 is 0 Å². The highest BCUT2D eigenvalue weighted by Crippen LogP contribution is 2.22. The summed E-state index contributed by atoms with van der Waals surface area (Å²) in [5.74, 6) is -0.248. The van der Waals surface area contributed by atoms with Gasteiger partial charge in [-0.1, -0.05) is 0 Å². The van der Waals surface area contributed by atoms with Crippen molar-refractivity contribution in [3.63, 3.8) is 0 Å². The van der Waals surface area contributed by atoms with E-state index in [0.717, 1.165) is 23.4 Å². The van der Waals surface area contributed by atoms with Crippen molar-refractivity contribution in [2.75, 3.05) is 0 Å². The number of aromatic nitrogens is 4.